The zero-order valence-corrected chi connectivity index (χ0v) is 18.9. The average Bonchev–Trinajstić information content (AvgIpc) is 2.84. The molecule has 3 aromatic carbocycles. The van der Waals surface area contributed by atoms with Crippen molar-refractivity contribution in [3.63, 3.8) is 0 Å². The molecule has 5 heteroatoms. The van der Waals surface area contributed by atoms with Gasteiger partial charge in [-0.2, -0.15) is 0 Å². The molecule has 0 bridgehead atoms. The number of ketones is 1. The highest BCUT2D eigenvalue weighted by atomic mass is 32.2. The van der Waals surface area contributed by atoms with Gasteiger partial charge in [-0.1, -0.05) is 67.9 Å². The second-order valence-corrected chi connectivity index (χ2v) is 8.58. The summed E-state index contributed by atoms with van der Waals surface area (Å²) in [5.41, 5.74) is 0.646. The van der Waals surface area contributed by atoms with E-state index < -0.39 is 17.9 Å². The van der Waals surface area contributed by atoms with Crippen LogP contribution in [0.25, 0.3) is 0 Å². The smallest absolute Gasteiger partial charge is 0.338 e. The highest BCUT2D eigenvalue weighted by Gasteiger charge is 2.26. The summed E-state index contributed by atoms with van der Waals surface area (Å²) in [6, 6.07) is 25.9. The summed E-state index contributed by atoms with van der Waals surface area (Å²) < 4.78 is 5.60. The van der Waals surface area contributed by atoms with Crippen LogP contribution in [0.2, 0.25) is 0 Å². The summed E-state index contributed by atoms with van der Waals surface area (Å²) in [5.74, 6) is -0.928. The normalized spacial score (nSPS) is 11.5. The molecule has 1 N–H and O–H groups in total. The fourth-order valence-electron chi connectivity index (χ4n) is 3.21. The predicted molar refractivity (Wildman–Crippen MR) is 129 cm³/mol. The van der Waals surface area contributed by atoms with Crippen LogP contribution in [0.15, 0.2) is 94.7 Å². The monoisotopic (exact) mass is 445 g/mol. The number of Topliss-reactive ketones (excluding diaryl/α,β-unsaturated/α-hetero) is 1. The topological polar surface area (TPSA) is 67.2 Å². The molecule has 0 spiro atoms. The van der Waals surface area contributed by atoms with Crippen LogP contribution in [0.3, 0.4) is 0 Å². The fourth-order valence-corrected chi connectivity index (χ4v) is 4.05. The maximum absolute atomic E-state index is 13.0. The maximum atomic E-state index is 13.0. The Morgan fingerprint density at radius 2 is 1.41 bits per heavy atom. The fraction of sp³-hybridized carbons (Fsp3) is 0.222. The predicted octanol–water partition coefficient (Wildman–Crippen LogP) is 6.85. The van der Waals surface area contributed by atoms with Gasteiger partial charge in [0.2, 0.25) is 5.78 Å². The van der Waals surface area contributed by atoms with E-state index in [2.05, 4.69) is 6.92 Å². The molecule has 0 amide bonds. The van der Waals surface area contributed by atoms with Crippen LogP contribution in [0.5, 0.6) is 0 Å². The number of hydrogen-bond donors (Lipinski definition) is 1. The third-order valence-corrected chi connectivity index (χ3v) is 6.01. The Labute approximate surface area is 193 Å². The lowest BCUT2D eigenvalue weighted by Crippen LogP contribution is -2.32. The van der Waals surface area contributed by atoms with Crippen molar-refractivity contribution in [3.8, 4) is 0 Å². The SMILES string of the molecule is CCCCCC(OC(=O)c1ccccc1)C(=N)C(=O)c1ccc(Sc2ccccc2)cc1. The number of ether oxygens (including phenoxy) is 1. The standard InChI is InChI=1S/C27H27NO3S/c1-2-3-6-15-24(31-27(30)21-11-7-4-8-12-21)25(28)26(29)20-16-18-23(19-17-20)32-22-13-9-5-10-14-22/h4-5,7-14,16-19,24,28H,2-3,6,15H2,1H3. The van der Waals surface area contributed by atoms with Crippen LogP contribution in [0.1, 0.15) is 53.3 Å². The van der Waals surface area contributed by atoms with Crippen molar-refractivity contribution in [1.29, 1.82) is 5.41 Å². The van der Waals surface area contributed by atoms with Gasteiger partial charge in [0, 0.05) is 15.4 Å². The molecule has 3 rings (SSSR count). The van der Waals surface area contributed by atoms with E-state index in [-0.39, 0.29) is 5.71 Å². The number of nitrogens with one attached hydrogen (secondary N) is 1. The molecule has 4 nitrogen and oxygen atoms in total. The third-order valence-electron chi connectivity index (χ3n) is 4.99. The molecule has 0 aromatic heterocycles. The minimum atomic E-state index is -0.861. The van der Waals surface area contributed by atoms with Crippen molar-refractivity contribution < 1.29 is 14.3 Å². The van der Waals surface area contributed by atoms with Crippen LogP contribution in [-0.4, -0.2) is 23.6 Å². The zero-order valence-electron chi connectivity index (χ0n) is 18.1. The van der Waals surface area contributed by atoms with E-state index >= 15 is 0 Å². The van der Waals surface area contributed by atoms with Crippen LogP contribution in [0.4, 0.5) is 0 Å². The number of esters is 1. The first-order chi connectivity index (χ1) is 15.6. The second-order valence-electron chi connectivity index (χ2n) is 7.44. The Kier molecular flexibility index (Phi) is 8.81. The number of carbonyl (C=O) groups excluding carboxylic acids is 2. The van der Waals surface area contributed by atoms with E-state index in [9.17, 15) is 9.59 Å². The molecular formula is C27H27NO3S. The zero-order chi connectivity index (χ0) is 22.8. The lowest BCUT2D eigenvalue weighted by atomic mass is 9.99. The third kappa shape index (κ3) is 6.66. The number of benzene rings is 3. The molecule has 0 saturated carbocycles. The highest BCUT2D eigenvalue weighted by molar-refractivity contribution is 7.99. The molecule has 1 unspecified atom stereocenters. The Morgan fingerprint density at radius 3 is 2.03 bits per heavy atom. The van der Waals surface area contributed by atoms with Gasteiger partial charge in [-0.15, -0.1) is 0 Å². The van der Waals surface area contributed by atoms with Gasteiger partial charge in [-0.05, 0) is 61.4 Å². The molecule has 0 aliphatic rings. The first-order valence-electron chi connectivity index (χ1n) is 10.8. The molecule has 164 valence electrons. The Balaban J connectivity index is 1.70. The van der Waals surface area contributed by atoms with Gasteiger partial charge < -0.3 is 4.74 Å². The first-order valence-corrected chi connectivity index (χ1v) is 11.6. The van der Waals surface area contributed by atoms with Crippen molar-refractivity contribution in [2.75, 3.05) is 0 Å². The Morgan fingerprint density at radius 1 is 0.812 bits per heavy atom. The van der Waals surface area contributed by atoms with Crippen molar-refractivity contribution in [1.82, 2.24) is 0 Å². The van der Waals surface area contributed by atoms with Crippen molar-refractivity contribution in [2.24, 2.45) is 0 Å². The molecule has 0 radical (unpaired) electrons. The number of carbonyl (C=O) groups is 2. The van der Waals surface area contributed by atoms with Crippen LogP contribution in [-0.2, 0) is 4.74 Å². The van der Waals surface area contributed by atoms with Gasteiger partial charge in [0.25, 0.3) is 0 Å². The molecule has 32 heavy (non-hydrogen) atoms. The van der Waals surface area contributed by atoms with Crippen molar-refractivity contribution in [3.05, 3.63) is 96.1 Å². The van der Waals surface area contributed by atoms with Crippen LogP contribution < -0.4 is 0 Å². The second kappa shape index (κ2) is 12.0. The van der Waals surface area contributed by atoms with E-state index in [1.165, 1.54) is 0 Å². The van der Waals surface area contributed by atoms with Gasteiger partial charge in [-0.25, -0.2) is 4.79 Å². The summed E-state index contributed by atoms with van der Waals surface area (Å²) in [4.78, 5) is 27.6. The molecule has 0 aliphatic heterocycles. The molecule has 0 aliphatic carbocycles. The number of hydrogen-bond acceptors (Lipinski definition) is 5. The average molecular weight is 446 g/mol. The number of unbranched alkanes of at least 4 members (excludes halogenated alkanes) is 2. The highest BCUT2D eigenvalue weighted by Crippen LogP contribution is 2.27. The molecule has 0 fully saturated rings. The van der Waals surface area contributed by atoms with E-state index in [0.29, 0.717) is 17.5 Å². The Bertz CT molecular complexity index is 1030. The summed E-state index contributed by atoms with van der Waals surface area (Å²) >= 11 is 1.61. The molecule has 0 heterocycles. The lowest BCUT2D eigenvalue weighted by Gasteiger charge is -2.18. The Hall–Kier alpha value is -3.18. The van der Waals surface area contributed by atoms with Gasteiger partial charge >= 0.3 is 5.97 Å². The lowest BCUT2D eigenvalue weighted by molar-refractivity contribution is 0.0405. The van der Waals surface area contributed by atoms with E-state index in [4.69, 9.17) is 10.1 Å². The summed E-state index contributed by atoms with van der Waals surface area (Å²) in [7, 11) is 0. The van der Waals surface area contributed by atoms with Crippen LogP contribution >= 0.6 is 11.8 Å². The largest absolute Gasteiger partial charge is 0.452 e. The summed E-state index contributed by atoms with van der Waals surface area (Å²) in [6.07, 6.45) is 2.33. The van der Waals surface area contributed by atoms with E-state index in [1.807, 2.05) is 48.5 Å². The van der Waals surface area contributed by atoms with E-state index in [1.54, 1.807) is 48.2 Å². The molecule has 3 aromatic rings. The van der Waals surface area contributed by atoms with Gasteiger partial charge in [0.15, 0.2) is 0 Å². The van der Waals surface area contributed by atoms with Crippen molar-refractivity contribution >= 4 is 29.2 Å². The van der Waals surface area contributed by atoms with E-state index in [0.717, 1.165) is 29.1 Å². The van der Waals surface area contributed by atoms with Gasteiger partial charge in [-0.3, -0.25) is 10.2 Å². The quantitative estimate of drug-likeness (QED) is 0.152. The summed E-state index contributed by atoms with van der Waals surface area (Å²) in [5, 5.41) is 8.48. The number of rotatable bonds is 11. The molecule has 0 saturated heterocycles. The maximum Gasteiger partial charge on any atom is 0.338 e. The minimum absolute atomic E-state index is 0.186. The molecule has 1 atom stereocenters. The minimum Gasteiger partial charge on any atom is -0.452 e. The summed E-state index contributed by atoms with van der Waals surface area (Å²) in [6.45, 7) is 2.08. The van der Waals surface area contributed by atoms with Gasteiger partial charge in [0.05, 0.1) is 5.56 Å². The van der Waals surface area contributed by atoms with Crippen molar-refractivity contribution in [2.45, 2.75) is 48.5 Å². The van der Waals surface area contributed by atoms with Gasteiger partial charge in [0.1, 0.15) is 11.8 Å². The van der Waals surface area contributed by atoms with Crippen LogP contribution in [0, 0.1) is 5.41 Å². The molecular weight excluding hydrogens is 418 g/mol. The first kappa shape index (κ1) is 23.5.